The molecule has 0 radical (unpaired) electrons. The van der Waals surface area contributed by atoms with Crippen molar-refractivity contribution in [3.05, 3.63) is 46.8 Å². The van der Waals surface area contributed by atoms with Crippen LogP contribution in [0.4, 0.5) is 39.5 Å². The molecule has 186 valence electrons. The first kappa shape index (κ1) is 25.3. The Morgan fingerprint density at radius 3 is 2.24 bits per heavy atom. The smallest absolute Gasteiger partial charge is 0.345 e. The van der Waals surface area contributed by atoms with Gasteiger partial charge in [0, 0.05) is 31.6 Å². The zero-order valence-corrected chi connectivity index (χ0v) is 16.8. The summed E-state index contributed by atoms with van der Waals surface area (Å²) in [5.41, 5.74) is -0.604. The zero-order chi connectivity index (χ0) is 25.4. The van der Waals surface area contributed by atoms with Crippen LogP contribution in [-0.4, -0.2) is 50.2 Å². The standard InChI is InChI=1S/C18H14F9N5O2/c19-10-6-12(21)11(20)4-8(10)3-9(28-16(34)18(25,26)27)5-14(33)31-1-2-32-13(7-31)29-30-15(32)17(22,23)24/h4,6,9H,1-3,5,7H2,(H,28,34)/t9-/m1/s1. The Bertz CT molecular complexity index is 1100. The summed E-state index contributed by atoms with van der Waals surface area (Å²) in [6, 6.07) is -1.17. The molecule has 0 fully saturated rings. The minimum Gasteiger partial charge on any atom is -0.345 e. The topological polar surface area (TPSA) is 80.1 Å². The molecule has 1 atom stereocenters. The van der Waals surface area contributed by atoms with E-state index >= 15 is 0 Å². The molecule has 2 aromatic rings. The lowest BCUT2D eigenvalue weighted by molar-refractivity contribution is -0.174. The molecule has 0 spiro atoms. The lowest BCUT2D eigenvalue weighted by atomic mass is 10.0. The van der Waals surface area contributed by atoms with Gasteiger partial charge in [0.05, 0.1) is 6.54 Å². The lowest BCUT2D eigenvalue weighted by Gasteiger charge is -2.30. The maximum absolute atomic E-state index is 14.0. The average molecular weight is 503 g/mol. The van der Waals surface area contributed by atoms with E-state index in [-0.39, 0.29) is 25.0 Å². The van der Waals surface area contributed by atoms with Gasteiger partial charge in [0.25, 0.3) is 0 Å². The van der Waals surface area contributed by atoms with Gasteiger partial charge in [0.15, 0.2) is 17.5 Å². The summed E-state index contributed by atoms with van der Waals surface area (Å²) in [6.07, 6.45) is -11.8. The van der Waals surface area contributed by atoms with E-state index in [9.17, 15) is 49.1 Å². The number of hydrogen-bond donors (Lipinski definition) is 1. The highest BCUT2D eigenvalue weighted by Gasteiger charge is 2.41. The van der Waals surface area contributed by atoms with Crippen molar-refractivity contribution in [1.82, 2.24) is 25.0 Å². The Labute approximate surface area is 184 Å². The van der Waals surface area contributed by atoms with Gasteiger partial charge in [-0.1, -0.05) is 0 Å². The van der Waals surface area contributed by atoms with Crippen molar-refractivity contribution >= 4 is 11.8 Å². The first-order valence-electron chi connectivity index (χ1n) is 9.45. The molecule has 1 aromatic carbocycles. The fraction of sp³-hybridized carbons (Fsp3) is 0.444. The van der Waals surface area contributed by atoms with Gasteiger partial charge in [-0.3, -0.25) is 9.59 Å². The normalized spacial score (nSPS) is 15.1. The van der Waals surface area contributed by atoms with Crippen molar-refractivity contribution in [2.24, 2.45) is 0 Å². The van der Waals surface area contributed by atoms with Crippen molar-refractivity contribution in [1.29, 1.82) is 0 Å². The number of benzene rings is 1. The van der Waals surface area contributed by atoms with Crippen LogP contribution in [0.2, 0.25) is 0 Å². The summed E-state index contributed by atoms with van der Waals surface area (Å²) in [5, 5.41) is 7.90. The quantitative estimate of drug-likeness (QED) is 0.503. The van der Waals surface area contributed by atoms with Crippen LogP contribution in [0.1, 0.15) is 23.6 Å². The van der Waals surface area contributed by atoms with Crippen LogP contribution < -0.4 is 5.32 Å². The molecule has 0 saturated heterocycles. The summed E-state index contributed by atoms with van der Waals surface area (Å²) in [7, 11) is 0. The molecular formula is C18H14F9N5O2. The molecule has 1 N–H and O–H groups in total. The van der Waals surface area contributed by atoms with Crippen LogP contribution in [0.25, 0.3) is 0 Å². The third kappa shape index (κ3) is 5.59. The summed E-state index contributed by atoms with van der Waals surface area (Å²) in [5.74, 6) is -9.24. The number of alkyl halides is 6. The predicted octanol–water partition coefficient (Wildman–Crippen LogP) is 2.74. The number of aromatic nitrogens is 3. The summed E-state index contributed by atoms with van der Waals surface area (Å²) in [4.78, 5) is 25.0. The molecular weight excluding hydrogens is 489 g/mol. The molecule has 2 heterocycles. The number of rotatable bonds is 5. The van der Waals surface area contributed by atoms with E-state index in [0.717, 1.165) is 9.47 Å². The molecule has 16 heteroatoms. The number of carbonyl (C=O) groups excluding carboxylic acids is 2. The number of hydrogen-bond acceptors (Lipinski definition) is 4. The highest BCUT2D eigenvalue weighted by Crippen LogP contribution is 2.29. The van der Waals surface area contributed by atoms with Gasteiger partial charge in [0.1, 0.15) is 5.82 Å². The van der Waals surface area contributed by atoms with E-state index in [1.54, 1.807) is 0 Å². The third-order valence-electron chi connectivity index (χ3n) is 4.93. The van der Waals surface area contributed by atoms with Crippen LogP contribution in [0, 0.1) is 17.5 Å². The summed E-state index contributed by atoms with van der Waals surface area (Å²) < 4.78 is 118. The zero-order valence-electron chi connectivity index (χ0n) is 16.8. The minimum atomic E-state index is -5.36. The third-order valence-corrected chi connectivity index (χ3v) is 4.93. The van der Waals surface area contributed by atoms with Crippen LogP contribution in [0.5, 0.6) is 0 Å². The maximum atomic E-state index is 14.0. The van der Waals surface area contributed by atoms with Crippen LogP contribution in [0.15, 0.2) is 12.1 Å². The Morgan fingerprint density at radius 1 is 0.971 bits per heavy atom. The number of nitrogens with zero attached hydrogens (tertiary/aromatic N) is 4. The van der Waals surface area contributed by atoms with E-state index in [4.69, 9.17) is 0 Å². The molecule has 7 nitrogen and oxygen atoms in total. The predicted molar refractivity (Wildman–Crippen MR) is 93.1 cm³/mol. The molecule has 34 heavy (non-hydrogen) atoms. The summed E-state index contributed by atoms with van der Waals surface area (Å²) >= 11 is 0. The van der Waals surface area contributed by atoms with Crippen molar-refractivity contribution in [2.45, 2.75) is 44.3 Å². The largest absolute Gasteiger partial charge is 0.471 e. The molecule has 1 aromatic heterocycles. The van der Waals surface area contributed by atoms with Crippen molar-refractivity contribution < 1.29 is 49.1 Å². The average Bonchev–Trinajstić information content (AvgIpc) is 3.14. The van der Waals surface area contributed by atoms with Gasteiger partial charge in [-0.2, -0.15) is 26.3 Å². The monoisotopic (exact) mass is 503 g/mol. The second-order valence-electron chi connectivity index (χ2n) is 7.34. The molecule has 1 aliphatic heterocycles. The fourth-order valence-corrected chi connectivity index (χ4v) is 3.35. The van der Waals surface area contributed by atoms with E-state index < -0.39 is 78.4 Å². The molecule has 0 saturated carbocycles. The van der Waals surface area contributed by atoms with Gasteiger partial charge >= 0.3 is 18.3 Å². The van der Waals surface area contributed by atoms with Crippen molar-refractivity contribution in [3.8, 4) is 0 Å². The first-order valence-corrected chi connectivity index (χ1v) is 9.45. The Kier molecular flexibility index (Phi) is 6.80. The number of carbonyl (C=O) groups is 2. The van der Waals surface area contributed by atoms with Gasteiger partial charge in [-0.25, -0.2) is 13.2 Å². The van der Waals surface area contributed by atoms with Gasteiger partial charge in [0.2, 0.25) is 11.7 Å². The van der Waals surface area contributed by atoms with E-state index in [1.807, 2.05) is 0 Å². The van der Waals surface area contributed by atoms with Gasteiger partial charge < -0.3 is 14.8 Å². The number of fused-ring (bicyclic) bond motifs is 1. The minimum absolute atomic E-state index is 0.158. The molecule has 0 aliphatic carbocycles. The fourth-order valence-electron chi connectivity index (χ4n) is 3.35. The number of amides is 2. The molecule has 0 bridgehead atoms. The Morgan fingerprint density at radius 2 is 1.62 bits per heavy atom. The number of nitrogens with one attached hydrogen (secondary N) is 1. The maximum Gasteiger partial charge on any atom is 0.471 e. The van der Waals surface area contributed by atoms with Crippen molar-refractivity contribution in [3.63, 3.8) is 0 Å². The highest BCUT2D eigenvalue weighted by atomic mass is 19.4. The molecule has 3 rings (SSSR count). The van der Waals surface area contributed by atoms with E-state index in [2.05, 4.69) is 10.2 Å². The van der Waals surface area contributed by atoms with E-state index in [1.165, 1.54) is 5.32 Å². The first-order chi connectivity index (χ1) is 15.7. The summed E-state index contributed by atoms with van der Waals surface area (Å²) in [6.45, 7) is -1.10. The highest BCUT2D eigenvalue weighted by molar-refractivity contribution is 5.83. The second kappa shape index (κ2) is 9.13. The Hall–Kier alpha value is -3.33. The molecule has 0 unspecified atom stereocenters. The van der Waals surface area contributed by atoms with Crippen LogP contribution >= 0.6 is 0 Å². The van der Waals surface area contributed by atoms with Crippen LogP contribution in [0.3, 0.4) is 0 Å². The lowest BCUT2D eigenvalue weighted by Crippen LogP contribution is -2.47. The SMILES string of the molecule is O=C(C[C@@H](Cc1cc(F)c(F)cc1F)NC(=O)C(F)(F)F)N1CCn2c(nnc2C(F)(F)F)C1. The Balaban J connectivity index is 1.78. The molecule has 2 amide bonds. The molecule has 1 aliphatic rings. The van der Waals surface area contributed by atoms with Gasteiger partial charge in [-0.05, 0) is 18.1 Å². The van der Waals surface area contributed by atoms with Crippen molar-refractivity contribution in [2.75, 3.05) is 6.54 Å². The van der Waals surface area contributed by atoms with E-state index in [0.29, 0.717) is 6.07 Å². The van der Waals surface area contributed by atoms with Gasteiger partial charge in [-0.15, -0.1) is 10.2 Å². The second-order valence-corrected chi connectivity index (χ2v) is 7.34. The van der Waals surface area contributed by atoms with Crippen LogP contribution in [-0.2, 0) is 35.3 Å². The number of halogens is 9.